The minimum Gasteiger partial charge on any atom is -0.458 e. The third kappa shape index (κ3) is 1.36. The molecule has 1 heterocycles. The summed E-state index contributed by atoms with van der Waals surface area (Å²) in [5.74, 6) is -0.130. The van der Waals surface area contributed by atoms with Gasteiger partial charge in [0, 0.05) is 11.5 Å². The molecule has 1 saturated heterocycles. The Hall–Kier alpha value is -1.64. The minimum absolute atomic E-state index is 0.00628. The van der Waals surface area contributed by atoms with E-state index < -0.39 is 0 Å². The number of carbonyl (C=O) groups is 2. The van der Waals surface area contributed by atoms with Crippen LogP contribution in [0.2, 0.25) is 0 Å². The van der Waals surface area contributed by atoms with Crippen molar-refractivity contribution in [2.24, 2.45) is 17.3 Å². The van der Waals surface area contributed by atoms with E-state index in [0.29, 0.717) is 11.1 Å². The zero-order valence-corrected chi connectivity index (χ0v) is 10.4. The molecular weight excluding hydrogens is 228 g/mol. The zero-order valence-electron chi connectivity index (χ0n) is 10.4. The fourth-order valence-electron chi connectivity index (χ4n) is 3.52. The summed E-state index contributed by atoms with van der Waals surface area (Å²) in [6, 6.07) is 0. The molecule has 0 bridgehead atoms. The quantitative estimate of drug-likeness (QED) is 0.484. The number of esters is 1. The predicted octanol–water partition coefficient (Wildman–Crippen LogP) is 2.20. The molecule has 1 aliphatic heterocycles. The predicted molar refractivity (Wildman–Crippen MR) is 66.6 cm³/mol. The van der Waals surface area contributed by atoms with Crippen LogP contribution in [-0.2, 0) is 14.3 Å². The molecule has 0 unspecified atom stereocenters. The molecule has 3 aliphatic rings. The Morgan fingerprint density at radius 2 is 2.06 bits per heavy atom. The van der Waals surface area contributed by atoms with Crippen LogP contribution in [0.4, 0.5) is 0 Å². The van der Waals surface area contributed by atoms with Crippen molar-refractivity contribution >= 4 is 11.8 Å². The number of hydrogen-bond donors (Lipinski definition) is 0. The van der Waals surface area contributed by atoms with E-state index in [-0.39, 0.29) is 35.1 Å². The summed E-state index contributed by atoms with van der Waals surface area (Å²) < 4.78 is 5.37. The number of allylic oxidation sites excluding steroid dienone is 3. The Morgan fingerprint density at radius 3 is 2.78 bits per heavy atom. The van der Waals surface area contributed by atoms with E-state index in [1.165, 1.54) is 0 Å². The molecule has 0 radical (unpaired) electrons. The van der Waals surface area contributed by atoms with Gasteiger partial charge in [-0.2, -0.15) is 0 Å². The van der Waals surface area contributed by atoms with Gasteiger partial charge in [-0.15, -0.1) is 0 Å². The van der Waals surface area contributed by atoms with E-state index in [1.807, 2.05) is 6.08 Å². The molecule has 0 aromatic heterocycles. The lowest BCUT2D eigenvalue weighted by Crippen LogP contribution is -2.43. The first-order chi connectivity index (χ1) is 8.42. The van der Waals surface area contributed by atoms with E-state index in [1.54, 1.807) is 6.08 Å². The molecule has 2 aliphatic carbocycles. The lowest BCUT2D eigenvalue weighted by Gasteiger charge is -2.46. The van der Waals surface area contributed by atoms with Gasteiger partial charge in [0.1, 0.15) is 6.10 Å². The molecule has 3 nitrogen and oxygen atoms in total. The van der Waals surface area contributed by atoms with E-state index in [0.717, 1.165) is 12.8 Å². The molecule has 0 aromatic carbocycles. The van der Waals surface area contributed by atoms with Gasteiger partial charge in [0.25, 0.3) is 0 Å². The molecule has 3 heteroatoms. The average molecular weight is 244 g/mol. The van der Waals surface area contributed by atoms with Crippen LogP contribution in [0.25, 0.3) is 0 Å². The molecule has 0 spiro atoms. The molecule has 0 amide bonds. The first kappa shape index (κ1) is 11.5. The van der Waals surface area contributed by atoms with Crippen LogP contribution >= 0.6 is 0 Å². The van der Waals surface area contributed by atoms with Gasteiger partial charge in [-0.25, -0.2) is 4.79 Å². The van der Waals surface area contributed by atoms with Crippen LogP contribution in [0.3, 0.4) is 0 Å². The fraction of sp³-hybridized carbons (Fsp3) is 0.467. The number of carbonyl (C=O) groups excluding carboxylic acids is 2. The first-order valence-corrected chi connectivity index (χ1v) is 6.24. The normalized spacial score (nSPS) is 42.6. The molecule has 4 atom stereocenters. The molecule has 3 rings (SSSR count). The maximum absolute atomic E-state index is 11.7. The number of ketones is 1. The highest BCUT2D eigenvalue weighted by atomic mass is 16.6. The topological polar surface area (TPSA) is 43.4 Å². The SMILES string of the molecule is C=C1C(=O)C=C[C@@]2(C)C[C@@H]3OC(=O)C(=C)[C@@H]3C[C@H]12. The van der Waals surface area contributed by atoms with Crippen LogP contribution in [0.5, 0.6) is 0 Å². The van der Waals surface area contributed by atoms with E-state index in [9.17, 15) is 9.59 Å². The Kier molecular flexibility index (Phi) is 2.19. The summed E-state index contributed by atoms with van der Waals surface area (Å²) in [7, 11) is 0. The van der Waals surface area contributed by atoms with Gasteiger partial charge >= 0.3 is 5.97 Å². The van der Waals surface area contributed by atoms with E-state index in [2.05, 4.69) is 20.1 Å². The lowest BCUT2D eigenvalue weighted by molar-refractivity contribution is -0.141. The second kappa shape index (κ2) is 3.44. The van der Waals surface area contributed by atoms with Gasteiger partial charge in [-0.05, 0) is 35.8 Å². The Balaban J connectivity index is 1.99. The second-order valence-corrected chi connectivity index (χ2v) is 5.80. The van der Waals surface area contributed by atoms with E-state index in [4.69, 9.17) is 4.74 Å². The van der Waals surface area contributed by atoms with E-state index >= 15 is 0 Å². The number of ether oxygens (including phenoxy) is 1. The van der Waals surface area contributed by atoms with Crippen molar-refractivity contribution < 1.29 is 14.3 Å². The van der Waals surface area contributed by atoms with Crippen LogP contribution in [-0.4, -0.2) is 17.9 Å². The Bertz CT molecular complexity index is 514. The smallest absolute Gasteiger partial charge is 0.334 e. The highest BCUT2D eigenvalue weighted by Gasteiger charge is 2.52. The third-order valence-electron chi connectivity index (χ3n) is 4.70. The summed E-state index contributed by atoms with van der Waals surface area (Å²) in [6.45, 7) is 9.85. The molecule has 2 fully saturated rings. The fourth-order valence-corrected chi connectivity index (χ4v) is 3.52. The number of rotatable bonds is 0. The average Bonchev–Trinajstić information content (AvgIpc) is 2.58. The number of hydrogen-bond acceptors (Lipinski definition) is 3. The van der Waals surface area contributed by atoms with Crippen LogP contribution in [0, 0.1) is 17.3 Å². The summed E-state index contributed by atoms with van der Waals surface area (Å²) in [4.78, 5) is 23.3. The summed E-state index contributed by atoms with van der Waals surface area (Å²) in [6.07, 6.45) is 4.96. The highest BCUT2D eigenvalue weighted by molar-refractivity contribution is 6.05. The highest BCUT2D eigenvalue weighted by Crippen LogP contribution is 2.53. The van der Waals surface area contributed by atoms with Crippen molar-refractivity contribution in [2.75, 3.05) is 0 Å². The molecular formula is C15H16O3. The summed E-state index contributed by atoms with van der Waals surface area (Å²) in [5.41, 5.74) is 1.08. The van der Waals surface area contributed by atoms with Gasteiger partial charge in [-0.1, -0.05) is 26.2 Å². The van der Waals surface area contributed by atoms with Crippen molar-refractivity contribution in [1.82, 2.24) is 0 Å². The Labute approximate surface area is 106 Å². The third-order valence-corrected chi connectivity index (χ3v) is 4.70. The monoisotopic (exact) mass is 244 g/mol. The molecule has 0 aromatic rings. The standard InChI is InChI=1S/C15H16O3/c1-8-10-6-11-9(2)12(16)4-5-15(11,3)7-13(10)18-14(8)17/h4-5,10-11,13H,1-2,6-7H2,3H3/t10-,11+,13-,15-/m0/s1. The van der Waals surface area contributed by atoms with Gasteiger partial charge in [0.05, 0.1) is 0 Å². The Morgan fingerprint density at radius 1 is 1.33 bits per heavy atom. The van der Waals surface area contributed by atoms with Crippen molar-refractivity contribution in [3.63, 3.8) is 0 Å². The zero-order chi connectivity index (χ0) is 13.1. The first-order valence-electron chi connectivity index (χ1n) is 6.24. The number of fused-ring (bicyclic) bond motifs is 2. The van der Waals surface area contributed by atoms with Gasteiger partial charge in [0.2, 0.25) is 0 Å². The molecule has 1 saturated carbocycles. The van der Waals surface area contributed by atoms with Crippen LogP contribution < -0.4 is 0 Å². The molecule has 94 valence electrons. The van der Waals surface area contributed by atoms with Crippen molar-refractivity contribution in [1.29, 1.82) is 0 Å². The van der Waals surface area contributed by atoms with Gasteiger partial charge < -0.3 is 4.74 Å². The van der Waals surface area contributed by atoms with Gasteiger partial charge in [-0.3, -0.25) is 4.79 Å². The van der Waals surface area contributed by atoms with Crippen LogP contribution in [0.1, 0.15) is 19.8 Å². The maximum Gasteiger partial charge on any atom is 0.334 e. The minimum atomic E-state index is -0.284. The lowest BCUT2D eigenvalue weighted by atomic mass is 9.58. The molecule has 18 heavy (non-hydrogen) atoms. The van der Waals surface area contributed by atoms with Crippen LogP contribution in [0.15, 0.2) is 36.5 Å². The summed E-state index contributed by atoms with van der Waals surface area (Å²) in [5, 5.41) is 0. The van der Waals surface area contributed by atoms with Gasteiger partial charge in [0.15, 0.2) is 5.78 Å². The second-order valence-electron chi connectivity index (χ2n) is 5.80. The van der Waals surface area contributed by atoms with Crippen molar-refractivity contribution in [3.8, 4) is 0 Å². The summed E-state index contributed by atoms with van der Waals surface area (Å²) >= 11 is 0. The largest absolute Gasteiger partial charge is 0.458 e. The molecule has 0 N–H and O–H groups in total. The maximum atomic E-state index is 11.7. The van der Waals surface area contributed by atoms with Crippen molar-refractivity contribution in [3.05, 3.63) is 36.5 Å². The van der Waals surface area contributed by atoms with Crippen molar-refractivity contribution in [2.45, 2.75) is 25.9 Å².